The Labute approximate surface area is 212 Å². The maximum Gasteiger partial charge on any atom is 0.309 e. The maximum absolute atomic E-state index is 12.8. The molecule has 0 bridgehead atoms. The van der Waals surface area contributed by atoms with E-state index in [-0.39, 0.29) is 42.3 Å². The lowest BCUT2D eigenvalue weighted by molar-refractivity contribution is -0.149. The number of fused-ring (bicyclic) bond motifs is 1. The predicted octanol–water partition coefficient (Wildman–Crippen LogP) is 4.58. The first kappa shape index (κ1) is 25.6. The minimum absolute atomic E-state index is 0.0220. The van der Waals surface area contributed by atoms with Gasteiger partial charge in [-0.15, -0.1) is 0 Å². The maximum atomic E-state index is 12.8. The van der Waals surface area contributed by atoms with Crippen molar-refractivity contribution in [2.24, 2.45) is 5.92 Å². The second kappa shape index (κ2) is 12.0. The number of likely N-dealkylation sites (tertiary alicyclic amines) is 1. The molecule has 7 heteroatoms. The quantitative estimate of drug-likeness (QED) is 0.432. The van der Waals surface area contributed by atoms with Crippen molar-refractivity contribution in [3.8, 4) is 0 Å². The number of hydrogen-bond acceptors (Lipinski definition) is 5. The highest BCUT2D eigenvalue weighted by atomic mass is 16.5. The summed E-state index contributed by atoms with van der Waals surface area (Å²) in [6.45, 7) is 3.18. The Balaban J connectivity index is 1.24. The highest BCUT2D eigenvalue weighted by Gasteiger charge is 2.28. The fraction of sp³-hybridized carbons (Fsp3) is 0.448. The number of hydrogen-bond donors (Lipinski definition) is 1. The van der Waals surface area contributed by atoms with Crippen LogP contribution in [0.5, 0.6) is 0 Å². The number of carbonyl (C=O) groups is 4. The zero-order chi connectivity index (χ0) is 25.5. The number of ketones is 1. The van der Waals surface area contributed by atoms with Gasteiger partial charge in [0.15, 0.2) is 5.78 Å². The van der Waals surface area contributed by atoms with Gasteiger partial charge in [0.2, 0.25) is 5.91 Å². The van der Waals surface area contributed by atoms with Crippen LogP contribution in [0.2, 0.25) is 0 Å². The number of ether oxygens (including phenoxy) is 1. The summed E-state index contributed by atoms with van der Waals surface area (Å²) in [5.41, 5.74) is 4.38. The predicted molar refractivity (Wildman–Crippen MR) is 137 cm³/mol. The van der Waals surface area contributed by atoms with E-state index in [4.69, 9.17) is 4.74 Å². The first-order valence-corrected chi connectivity index (χ1v) is 13.0. The van der Waals surface area contributed by atoms with E-state index in [1.807, 2.05) is 18.2 Å². The van der Waals surface area contributed by atoms with Crippen LogP contribution in [0, 0.1) is 5.92 Å². The Morgan fingerprint density at radius 1 is 0.889 bits per heavy atom. The minimum Gasteiger partial charge on any atom is -0.466 e. The largest absolute Gasteiger partial charge is 0.466 e. The highest BCUT2D eigenvalue weighted by Crippen LogP contribution is 2.24. The van der Waals surface area contributed by atoms with Crippen LogP contribution >= 0.6 is 0 Å². The number of rotatable bonds is 8. The molecule has 1 aliphatic heterocycles. The van der Waals surface area contributed by atoms with Crippen LogP contribution in [0.3, 0.4) is 0 Å². The van der Waals surface area contributed by atoms with Crippen LogP contribution in [0.1, 0.15) is 77.3 Å². The number of carbonyl (C=O) groups excluding carboxylic acids is 4. The molecule has 0 atom stereocenters. The molecule has 2 aromatic rings. The highest BCUT2D eigenvalue weighted by molar-refractivity contribution is 6.00. The number of anilines is 1. The number of benzene rings is 2. The molecule has 1 N–H and O–H groups in total. The monoisotopic (exact) mass is 490 g/mol. The standard InChI is InChI=1S/C29H34N2O5/c1-2-36-29(35)22-15-17-31(18-16-22)28(34)21-9-11-25(12-10-21)30-27(33)14-13-26(32)24-8-7-20-5-3-4-6-23(20)19-24/h7-12,19,22H,2-6,13-18H2,1H3,(H,30,33). The number of nitrogens with zero attached hydrogens (tertiary/aromatic N) is 1. The van der Waals surface area contributed by atoms with Gasteiger partial charge in [0, 0.05) is 42.7 Å². The van der Waals surface area contributed by atoms with E-state index in [1.54, 1.807) is 36.1 Å². The Hall–Kier alpha value is -3.48. The van der Waals surface area contributed by atoms with E-state index in [9.17, 15) is 19.2 Å². The minimum atomic E-state index is -0.235. The van der Waals surface area contributed by atoms with Crippen molar-refractivity contribution in [3.63, 3.8) is 0 Å². The smallest absolute Gasteiger partial charge is 0.309 e. The molecule has 0 aromatic heterocycles. The van der Waals surface area contributed by atoms with Gasteiger partial charge < -0.3 is 15.0 Å². The van der Waals surface area contributed by atoms with Crippen molar-refractivity contribution in [1.82, 2.24) is 4.90 Å². The lowest BCUT2D eigenvalue weighted by Gasteiger charge is -2.31. The van der Waals surface area contributed by atoms with Crippen LogP contribution in [-0.2, 0) is 27.2 Å². The second-order valence-electron chi connectivity index (χ2n) is 9.56. The average molecular weight is 491 g/mol. The zero-order valence-electron chi connectivity index (χ0n) is 20.9. The number of esters is 1. The van der Waals surface area contributed by atoms with Gasteiger partial charge in [0.05, 0.1) is 12.5 Å². The molecule has 1 saturated heterocycles. The van der Waals surface area contributed by atoms with Crippen LogP contribution in [0.15, 0.2) is 42.5 Å². The van der Waals surface area contributed by atoms with Crippen LogP contribution in [0.4, 0.5) is 5.69 Å². The van der Waals surface area contributed by atoms with Crippen molar-refractivity contribution < 1.29 is 23.9 Å². The van der Waals surface area contributed by atoms with Crippen LogP contribution in [-0.4, -0.2) is 48.2 Å². The Bertz CT molecular complexity index is 1120. The molecule has 190 valence electrons. The summed E-state index contributed by atoms with van der Waals surface area (Å²) in [7, 11) is 0. The fourth-order valence-electron chi connectivity index (χ4n) is 4.96. The average Bonchev–Trinajstić information content (AvgIpc) is 2.91. The van der Waals surface area contributed by atoms with Gasteiger partial charge >= 0.3 is 5.97 Å². The van der Waals surface area contributed by atoms with Gasteiger partial charge in [0.1, 0.15) is 0 Å². The Morgan fingerprint density at radius 3 is 2.25 bits per heavy atom. The molecular weight excluding hydrogens is 456 g/mol. The van der Waals surface area contributed by atoms with E-state index < -0.39 is 0 Å². The lowest BCUT2D eigenvalue weighted by atomic mass is 9.89. The Morgan fingerprint density at radius 2 is 1.56 bits per heavy atom. The number of piperidine rings is 1. The normalized spacial score (nSPS) is 15.6. The number of nitrogens with one attached hydrogen (secondary N) is 1. The molecule has 7 nitrogen and oxygen atoms in total. The molecule has 0 unspecified atom stereocenters. The number of amides is 2. The summed E-state index contributed by atoms with van der Waals surface area (Å²) >= 11 is 0. The van der Waals surface area contributed by atoms with Gasteiger partial charge in [-0.2, -0.15) is 0 Å². The number of Topliss-reactive ketones (excluding diaryl/α,β-unsaturated/α-hetero) is 1. The van der Waals surface area contributed by atoms with E-state index in [2.05, 4.69) is 5.32 Å². The van der Waals surface area contributed by atoms with Crippen molar-refractivity contribution in [2.45, 2.75) is 58.3 Å². The molecule has 1 aliphatic carbocycles. The second-order valence-corrected chi connectivity index (χ2v) is 9.56. The molecule has 0 radical (unpaired) electrons. The van der Waals surface area contributed by atoms with Crippen molar-refractivity contribution in [3.05, 3.63) is 64.7 Å². The van der Waals surface area contributed by atoms with Gasteiger partial charge in [-0.3, -0.25) is 19.2 Å². The molecule has 0 saturated carbocycles. The SMILES string of the molecule is CCOC(=O)C1CCN(C(=O)c2ccc(NC(=O)CCC(=O)c3ccc4c(c3)CCCC4)cc2)CC1. The molecular formula is C29H34N2O5. The van der Waals surface area contributed by atoms with Gasteiger partial charge in [-0.05, 0) is 86.9 Å². The summed E-state index contributed by atoms with van der Waals surface area (Å²) in [5.74, 6) is -0.682. The first-order valence-electron chi connectivity index (χ1n) is 13.0. The summed E-state index contributed by atoms with van der Waals surface area (Å²) in [4.78, 5) is 51.5. The van der Waals surface area contributed by atoms with Crippen LogP contribution in [0.25, 0.3) is 0 Å². The summed E-state index contributed by atoms with van der Waals surface area (Å²) in [6.07, 6.45) is 5.91. The number of aryl methyl sites for hydroxylation is 2. The van der Waals surface area contributed by atoms with Crippen molar-refractivity contribution >= 4 is 29.3 Å². The summed E-state index contributed by atoms with van der Waals surface area (Å²) in [5, 5.41) is 2.81. The van der Waals surface area contributed by atoms with E-state index in [0.717, 1.165) is 19.3 Å². The molecule has 1 fully saturated rings. The van der Waals surface area contributed by atoms with Gasteiger partial charge in [-0.25, -0.2) is 0 Å². The van der Waals surface area contributed by atoms with Crippen molar-refractivity contribution in [2.75, 3.05) is 25.0 Å². The summed E-state index contributed by atoms with van der Waals surface area (Å²) in [6, 6.07) is 12.7. The fourth-order valence-corrected chi connectivity index (χ4v) is 4.96. The third kappa shape index (κ3) is 6.39. The molecule has 2 aliphatic rings. The topological polar surface area (TPSA) is 92.8 Å². The third-order valence-electron chi connectivity index (χ3n) is 7.07. The Kier molecular flexibility index (Phi) is 8.52. The molecule has 36 heavy (non-hydrogen) atoms. The van der Waals surface area contributed by atoms with Crippen LogP contribution < -0.4 is 5.32 Å². The molecule has 1 heterocycles. The summed E-state index contributed by atoms with van der Waals surface area (Å²) < 4.78 is 5.08. The third-order valence-corrected chi connectivity index (χ3v) is 7.07. The molecule has 0 spiro atoms. The van der Waals surface area contributed by atoms with E-state index >= 15 is 0 Å². The lowest BCUT2D eigenvalue weighted by Crippen LogP contribution is -2.40. The molecule has 4 rings (SSSR count). The van der Waals surface area contributed by atoms with Crippen molar-refractivity contribution in [1.29, 1.82) is 0 Å². The van der Waals surface area contributed by atoms with Gasteiger partial charge in [0.25, 0.3) is 5.91 Å². The zero-order valence-corrected chi connectivity index (χ0v) is 20.9. The van der Waals surface area contributed by atoms with E-state index in [1.165, 1.54) is 17.5 Å². The van der Waals surface area contributed by atoms with Gasteiger partial charge in [-0.1, -0.05) is 12.1 Å². The molecule has 2 amide bonds. The van der Waals surface area contributed by atoms with E-state index in [0.29, 0.717) is 49.4 Å². The molecule has 2 aromatic carbocycles. The first-order chi connectivity index (χ1) is 17.4.